The summed E-state index contributed by atoms with van der Waals surface area (Å²) in [6.45, 7) is 1.32. The maximum atomic E-state index is 11.6. The fourth-order valence-electron chi connectivity index (χ4n) is 1.32. The van der Waals surface area contributed by atoms with E-state index < -0.39 is 28.2 Å². The zero-order valence-electron chi connectivity index (χ0n) is 10.5. The molecule has 1 rings (SSSR count). The van der Waals surface area contributed by atoms with Crippen LogP contribution in [0, 0.1) is 0 Å². The summed E-state index contributed by atoms with van der Waals surface area (Å²) in [5.74, 6) is -2.04. The zero-order chi connectivity index (χ0) is 15.3. The molecule has 0 aromatic heterocycles. The predicted molar refractivity (Wildman–Crippen MR) is 75.4 cm³/mol. The molecule has 0 spiro atoms. The molecule has 1 aromatic rings. The maximum Gasteiger partial charge on any atom is 0.304 e. The van der Waals surface area contributed by atoms with Crippen molar-refractivity contribution >= 4 is 44.9 Å². The van der Waals surface area contributed by atoms with Crippen molar-refractivity contribution in [3.63, 3.8) is 0 Å². The van der Waals surface area contributed by atoms with E-state index in [4.69, 9.17) is 16.7 Å². The second kappa shape index (κ2) is 6.58. The van der Waals surface area contributed by atoms with E-state index in [-0.39, 0.29) is 16.6 Å². The third kappa shape index (κ3) is 5.45. The molecule has 0 saturated heterocycles. The highest BCUT2D eigenvalue weighted by atomic mass is 35.5. The van der Waals surface area contributed by atoms with Gasteiger partial charge in [-0.3, -0.25) is 14.3 Å². The molecule has 0 unspecified atom stereocenters. The Balaban J connectivity index is 2.81. The Kier molecular flexibility index (Phi) is 5.34. The molecule has 0 atom stereocenters. The van der Waals surface area contributed by atoms with E-state index >= 15 is 0 Å². The molecule has 0 aliphatic rings. The van der Waals surface area contributed by atoms with Crippen molar-refractivity contribution in [2.45, 2.75) is 13.3 Å². The number of amides is 1. The van der Waals surface area contributed by atoms with Gasteiger partial charge in [0.05, 0.1) is 28.6 Å². The number of hydrogen-bond donors (Lipinski definition) is 3. The van der Waals surface area contributed by atoms with Crippen LogP contribution in [0.3, 0.4) is 0 Å². The van der Waals surface area contributed by atoms with Gasteiger partial charge in [0, 0.05) is 6.92 Å². The Bertz CT molecular complexity index is 630. The van der Waals surface area contributed by atoms with Gasteiger partial charge in [0.25, 0.3) is 0 Å². The molecule has 0 aliphatic heterocycles. The first-order valence-electron chi connectivity index (χ1n) is 5.49. The van der Waals surface area contributed by atoms with E-state index in [1.54, 1.807) is 0 Å². The van der Waals surface area contributed by atoms with Gasteiger partial charge in [0.2, 0.25) is 15.9 Å². The number of carboxylic acid groups (broad SMARTS) is 1. The standard InChI is InChI=1S/C11H13ClN2O5S/c1-7(15)13-10-3-2-8(6-9(10)12)14-20(18,19)5-4-11(16)17/h2-3,6,14H,4-5H2,1H3,(H,13,15)(H,16,17). The van der Waals surface area contributed by atoms with Crippen LogP contribution in [0.2, 0.25) is 5.02 Å². The van der Waals surface area contributed by atoms with Crippen LogP contribution < -0.4 is 10.0 Å². The molecule has 20 heavy (non-hydrogen) atoms. The van der Waals surface area contributed by atoms with E-state index in [0.717, 1.165) is 0 Å². The number of carbonyl (C=O) groups excluding carboxylic acids is 1. The summed E-state index contributed by atoms with van der Waals surface area (Å²) < 4.78 is 25.4. The van der Waals surface area contributed by atoms with Crippen LogP contribution in [0.1, 0.15) is 13.3 Å². The summed E-state index contributed by atoms with van der Waals surface area (Å²) in [6.07, 6.45) is -0.493. The van der Waals surface area contributed by atoms with Crippen molar-refractivity contribution in [1.29, 1.82) is 0 Å². The molecule has 0 fully saturated rings. The Morgan fingerprint density at radius 1 is 1.35 bits per heavy atom. The van der Waals surface area contributed by atoms with Gasteiger partial charge in [-0.25, -0.2) is 8.42 Å². The van der Waals surface area contributed by atoms with Crippen molar-refractivity contribution in [1.82, 2.24) is 0 Å². The monoisotopic (exact) mass is 320 g/mol. The van der Waals surface area contributed by atoms with Gasteiger partial charge in [0.15, 0.2) is 0 Å². The third-order valence-electron chi connectivity index (χ3n) is 2.14. The number of anilines is 2. The first kappa shape index (κ1) is 16.3. The number of carboxylic acids is 1. The molecule has 1 aromatic carbocycles. The minimum atomic E-state index is -3.76. The third-order valence-corrected chi connectivity index (χ3v) is 3.74. The lowest BCUT2D eigenvalue weighted by Crippen LogP contribution is -2.19. The number of halogens is 1. The van der Waals surface area contributed by atoms with Gasteiger partial charge < -0.3 is 10.4 Å². The Morgan fingerprint density at radius 2 is 2.00 bits per heavy atom. The molecular formula is C11H13ClN2O5S. The summed E-state index contributed by atoms with van der Waals surface area (Å²) in [5.41, 5.74) is 0.544. The highest BCUT2D eigenvalue weighted by Gasteiger charge is 2.13. The second-order valence-corrected chi connectivity index (χ2v) is 6.19. The minimum absolute atomic E-state index is 0.165. The molecule has 0 aliphatic carbocycles. The van der Waals surface area contributed by atoms with Crippen LogP contribution >= 0.6 is 11.6 Å². The summed E-state index contributed by atoms with van der Waals surface area (Å²) in [6, 6.07) is 4.18. The van der Waals surface area contributed by atoms with Crippen molar-refractivity contribution in [2.75, 3.05) is 15.8 Å². The Morgan fingerprint density at radius 3 is 2.50 bits per heavy atom. The summed E-state index contributed by atoms with van der Waals surface area (Å²) >= 11 is 5.89. The lowest BCUT2D eigenvalue weighted by molar-refractivity contribution is -0.136. The predicted octanol–water partition coefficient (Wildman–Crippen LogP) is 1.51. The second-order valence-electron chi connectivity index (χ2n) is 3.94. The van der Waals surface area contributed by atoms with Crippen molar-refractivity contribution < 1.29 is 23.1 Å². The minimum Gasteiger partial charge on any atom is -0.481 e. The van der Waals surface area contributed by atoms with Crippen LogP contribution in [-0.4, -0.2) is 31.2 Å². The number of carbonyl (C=O) groups is 2. The number of aliphatic carboxylic acids is 1. The number of hydrogen-bond acceptors (Lipinski definition) is 4. The average molecular weight is 321 g/mol. The normalized spacial score (nSPS) is 10.9. The number of rotatable bonds is 6. The Labute approximate surface area is 121 Å². The van der Waals surface area contributed by atoms with E-state index in [1.165, 1.54) is 25.1 Å². The molecule has 0 radical (unpaired) electrons. The van der Waals surface area contributed by atoms with Gasteiger partial charge in [0.1, 0.15) is 0 Å². The smallest absolute Gasteiger partial charge is 0.304 e. The summed E-state index contributed by atoms with van der Waals surface area (Å²) in [4.78, 5) is 21.2. The van der Waals surface area contributed by atoms with Gasteiger partial charge in [-0.2, -0.15) is 0 Å². The highest BCUT2D eigenvalue weighted by Crippen LogP contribution is 2.26. The van der Waals surface area contributed by atoms with E-state index in [1.807, 2.05) is 0 Å². The van der Waals surface area contributed by atoms with Crippen LogP contribution in [-0.2, 0) is 19.6 Å². The van der Waals surface area contributed by atoms with Gasteiger partial charge >= 0.3 is 5.97 Å². The fraction of sp³-hybridized carbons (Fsp3) is 0.273. The summed E-state index contributed by atoms with van der Waals surface area (Å²) in [7, 11) is -3.76. The SMILES string of the molecule is CC(=O)Nc1ccc(NS(=O)(=O)CCC(=O)O)cc1Cl. The number of nitrogens with one attached hydrogen (secondary N) is 2. The largest absolute Gasteiger partial charge is 0.481 e. The molecule has 0 saturated carbocycles. The van der Waals surface area contributed by atoms with Gasteiger partial charge in [-0.05, 0) is 18.2 Å². The molecule has 7 nitrogen and oxygen atoms in total. The topological polar surface area (TPSA) is 113 Å². The number of sulfonamides is 1. The lowest BCUT2D eigenvalue weighted by atomic mass is 10.3. The molecule has 9 heteroatoms. The van der Waals surface area contributed by atoms with Crippen LogP contribution in [0.25, 0.3) is 0 Å². The molecule has 3 N–H and O–H groups in total. The van der Waals surface area contributed by atoms with Crippen LogP contribution in [0.5, 0.6) is 0 Å². The average Bonchev–Trinajstić information content (AvgIpc) is 2.29. The maximum absolute atomic E-state index is 11.6. The van der Waals surface area contributed by atoms with Crippen molar-refractivity contribution in [3.8, 4) is 0 Å². The van der Waals surface area contributed by atoms with Crippen molar-refractivity contribution in [3.05, 3.63) is 23.2 Å². The van der Waals surface area contributed by atoms with Gasteiger partial charge in [-0.15, -0.1) is 0 Å². The first-order valence-corrected chi connectivity index (χ1v) is 7.52. The Hall–Kier alpha value is -1.80. The van der Waals surface area contributed by atoms with Crippen LogP contribution in [0.4, 0.5) is 11.4 Å². The van der Waals surface area contributed by atoms with Gasteiger partial charge in [-0.1, -0.05) is 11.6 Å². The lowest BCUT2D eigenvalue weighted by Gasteiger charge is -2.10. The highest BCUT2D eigenvalue weighted by molar-refractivity contribution is 7.92. The number of benzene rings is 1. The quantitative estimate of drug-likeness (QED) is 0.735. The van der Waals surface area contributed by atoms with E-state index in [0.29, 0.717) is 5.69 Å². The molecule has 0 bridgehead atoms. The van der Waals surface area contributed by atoms with Crippen LogP contribution in [0.15, 0.2) is 18.2 Å². The molecule has 1 amide bonds. The van der Waals surface area contributed by atoms with Crippen molar-refractivity contribution in [2.24, 2.45) is 0 Å². The molecule has 110 valence electrons. The zero-order valence-corrected chi connectivity index (χ0v) is 12.1. The summed E-state index contributed by atoms with van der Waals surface area (Å²) in [5, 5.41) is 11.1. The first-order chi connectivity index (χ1) is 9.19. The fourth-order valence-corrected chi connectivity index (χ4v) is 2.58. The van der Waals surface area contributed by atoms with E-state index in [2.05, 4.69) is 10.0 Å². The van der Waals surface area contributed by atoms with E-state index in [9.17, 15) is 18.0 Å². The molecule has 0 heterocycles. The molecular weight excluding hydrogens is 308 g/mol.